The standard InChI is InChI=1S/C20H22N4S2/c1-25-19-21-11-17(12-22-19)23-20-24-18(13-26-20)16-9-7-15(8-10-16)14-5-3-2-4-6-14/h7-14H,2-6H2,1H3,(H,23,24). The highest BCUT2D eigenvalue weighted by Gasteiger charge is 2.15. The van der Waals surface area contributed by atoms with E-state index in [0.29, 0.717) is 0 Å². The molecular formula is C20H22N4S2. The number of nitrogens with one attached hydrogen (secondary N) is 1. The third-order valence-electron chi connectivity index (χ3n) is 4.85. The maximum absolute atomic E-state index is 4.71. The molecule has 0 saturated heterocycles. The number of anilines is 2. The third-order valence-corrected chi connectivity index (χ3v) is 6.18. The average molecular weight is 383 g/mol. The summed E-state index contributed by atoms with van der Waals surface area (Å²) >= 11 is 3.13. The summed E-state index contributed by atoms with van der Waals surface area (Å²) in [5, 5.41) is 7.00. The van der Waals surface area contributed by atoms with Gasteiger partial charge in [0.2, 0.25) is 0 Å². The van der Waals surface area contributed by atoms with Crippen molar-refractivity contribution < 1.29 is 0 Å². The lowest BCUT2D eigenvalue weighted by Crippen LogP contribution is -2.04. The monoisotopic (exact) mass is 382 g/mol. The van der Waals surface area contributed by atoms with E-state index in [9.17, 15) is 0 Å². The van der Waals surface area contributed by atoms with Crippen molar-refractivity contribution in [3.05, 3.63) is 47.6 Å². The highest BCUT2D eigenvalue weighted by molar-refractivity contribution is 7.98. The van der Waals surface area contributed by atoms with Crippen LogP contribution in [-0.4, -0.2) is 21.2 Å². The van der Waals surface area contributed by atoms with E-state index in [-0.39, 0.29) is 0 Å². The van der Waals surface area contributed by atoms with Gasteiger partial charge in [-0.25, -0.2) is 15.0 Å². The van der Waals surface area contributed by atoms with E-state index >= 15 is 0 Å². The third kappa shape index (κ3) is 4.07. The number of nitrogens with zero attached hydrogens (tertiary/aromatic N) is 3. The van der Waals surface area contributed by atoms with Crippen LogP contribution >= 0.6 is 23.1 Å². The van der Waals surface area contributed by atoms with Crippen LogP contribution in [0.1, 0.15) is 43.6 Å². The topological polar surface area (TPSA) is 50.7 Å². The summed E-state index contributed by atoms with van der Waals surface area (Å²) in [5.41, 5.74) is 4.52. The molecule has 0 bridgehead atoms. The van der Waals surface area contributed by atoms with Crippen molar-refractivity contribution in [1.29, 1.82) is 0 Å². The molecule has 0 amide bonds. The first-order valence-electron chi connectivity index (χ1n) is 9.01. The lowest BCUT2D eigenvalue weighted by Gasteiger charge is -2.22. The Kier molecular flexibility index (Phi) is 5.51. The molecule has 0 spiro atoms. The smallest absolute Gasteiger partial charge is 0.187 e. The molecule has 1 N–H and O–H groups in total. The number of hydrogen-bond acceptors (Lipinski definition) is 6. The van der Waals surface area contributed by atoms with Gasteiger partial charge in [0.1, 0.15) is 0 Å². The van der Waals surface area contributed by atoms with Crippen LogP contribution in [0, 0.1) is 0 Å². The van der Waals surface area contributed by atoms with Crippen LogP contribution in [0.5, 0.6) is 0 Å². The Morgan fingerprint density at radius 3 is 2.46 bits per heavy atom. The van der Waals surface area contributed by atoms with E-state index in [1.165, 1.54) is 55.0 Å². The van der Waals surface area contributed by atoms with E-state index < -0.39 is 0 Å². The van der Waals surface area contributed by atoms with Crippen LogP contribution in [0.25, 0.3) is 11.3 Å². The molecule has 1 fully saturated rings. The Hall–Kier alpha value is -1.92. The average Bonchev–Trinajstić information content (AvgIpc) is 3.18. The molecular weight excluding hydrogens is 360 g/mol. The number of benzene rings is 1. The van der Waals surface area contributed by atoms with Crippen molar-refractivity contribution in [3.63, 3.8) is 0 Å². The molecule has 6 heteroatoms. The zero-order valence-electron chi connectivity index (χ0n) is 14.8. The second-order valence-electron chi connectivity index (χ2n) is 6.58. The van der Waals surface area contributed by atoms with Crippen molar-refractivity contribution >= 4 is 33.9 Å². The molecule has 26 heavy (non-hydrogen) atoms. The molecule has 0 unspecified atom stereocenters. The summed E-state index contributed by atoms with van der Waals surface area (Å²) in [5.74, 6) is 0.745. The number of thiazole rings is 1. The van der Waals surface area contributed by atoms with Gasteiger partial charge in [-0.1, -0.05) is 55.3 Å². The summed E-state index contributed by atoms with van der Waals surface area (Å²) in [4.78, 5) is 13.3. The van der Waals surface area contributed by atoms with Gasteiger partial charge in [-0.3, -0.25) is 0 Å². The first-order valence-corrected chi connectivity index (χ1v) is 11.1. The van der Waals surface area contributed by atoms with E-state index in [1.807, 2.05) is 6.26 Å². The zero-order valence-corrected chi connectivity index (χ0v) is 16.4. The number of rotatable bonds is 5. The van der Waals surface area contributed by atoms with Crippen molar-refractivity contribution in [2.75, 3.05) is 11.6 Å². The van der Waals surface area contributed by atoms with Gasteiger partial charge in [-0.05, 0) is 30.6 Å². The molecule has 1 aliphatic rings. The molecule has 4 nitrogen and oxygen atoms in total. The highest BCUT2D eigenvalue weighted by atomic mass is 32.2. The molecule has 3 aromatic rings. The quantitative estimate of drug-likeness (QED) is 0.426. The Morgan fingerprint density at radius 2 is 1.77 bits per heavy atom. The molecule has 0 aliphatic heterocycles. The summed E-state index contributed by atoms with van der Waals surface area (Å²) in [6.45, 7) is 0. The zero-order chi connectivity index (χ0) is 17.8. The van der Waals surface area contributed by atoms with Gasteiger partial charge in [0.05, 0.1) is 23.8 Å². The van der Waals surface area contributed by atoms with Crippen LogP contribution < -0.4 is 5.32 Å². The van der Waals surface area contributed by atoms with E-state index in [2.05, 4.69) is 44.9 Å². The Bertz CT molecular complexity index is 837. The molecule has 134 valence electrons. The lowest BCUT2D eigenvalue weighted by molar-refractivity contribution is 0.443. The summed E-state index contributed by atoms with van der Waals surface area (Å²) in [7, 11) is 0. The van der Waals surface area contributed by atoms with Crippen molar-refractivity contribution in [2.24, 2.45) is 0 Å². The molecule has 2 aromatic heterocycles. The SMILES string of the molecule is CSc1ncc(Nc2nc(-c3ccc(C4CCCCC4)cc3)cs2)cn1. The van der Waals surface area contributed by atoms with Crippen molar-refractivity contribution in [2.45, 2.75) is 43.2 Å². The number of thioether (sulfide) groups is 1. The Morgan fingerprint density at radius 1 is 1.04 bits per heavy atom. The van der Waals surface area contributed by atoms with E-state index in [4.69, 9.17) is 4.98 Å². The van der Waals surface area contributed by atoms with Crippen molar-refractivity contribution in [3.8, 4) is 11.3 Å². The van der Waals surface area contributed by atoms with Gasteiger partial charge >= 0.3 is 0 Å². The minimum absolute atomic E-state index is 0.745. The minimum atomic E-state index is 0.745. The second kappa shape index (κ2) is 8.18. The van der Waals surface area contributed by atoms with Crippen molar-refractivity contribution in [1.82, 2.24) is 15.0 Å². The van der Waals surface area contributed by atoms with Gasteiger partial charge in [-0.15, -0.1) is 11.3 Å². The molecule has 1 saturated carbocycles. The minimum Gasteiger partial charge on any atom is -0.329 e. The fraction of sp³-hybridized carbons (Fsp3) is 0.350. The first kappa shape index (κ1) is 17.5. The molecule has 0 radical (unpaired) electrons. The summed E-state index contributed by atoms with van der Waals surface area (Å²) < 4.78 is 0. The number of hydrogen-bond donors (Lipinski definition) is 1. The molecule has 1 aliphatic carbocycles. The fourth-order valence-electron chi connectivity index (χ4n) is 3.44. The first-order chi connectivity index (χ1) is 12.8. The molecule has 4 rings (SSSR count). The van der Waals surface area contributed by atoms with E-state index in [1.54, 1.807) is 23.7 Å². The second-order valence-corrected chi connectivity index (χ2v) is 8.21. The van der Waals surface area contributed by atoms with Crippen LogP contribution in [0.4, 0.5) is 10.8 Å². The lowest BCUT2D eigenvalue weighted by atomic mass is 9.84. The Balaban J connectivity index is 1.45. The normalized spacial score (nSPS) is 15.1. The van der Waals surface area contributed by atoms with Crippen LogP contribution in [0.2, 0.25) is 0 Å². The number of aromatic nitrogens is 3. The van der Waals surface area contributed by atoms with Gasteiger partial charge in [0.15, 0.2) is 10.3 Å². The predicted molar refractivity (Wildman–Crippen MR) is 110 cm³/mol. The van der Waals surface area contributed by atoms with Gasteiger partial charge in [-0.2, -0.15) is 0 Å². The largest absolute Gasteiger partial charge is 0.329 e. The maximum Gasteiger partial charge on any atom is 0.187 e. The van der Waals surface area contributed by atoms with E-state index in [0.717, 1.165) is 27.6 Å². The van der Waals surface area contributed by atoms with Gasteiger partial charge < -0.3 is 5.32 Å². The molecule has 2 heterocycles. The van der Waals surface area contributed by atoms with Gasteiger partial charge in [0.25, 0.3) is 0 Å². The predicted octanol–water partition coefficient (Wildman–Crippen LogP) is 6.11. The summed E-state index contributed by atoms with van der Waals surface area (Å²) in [6, 6.07) is 8.98. The summed E-state index contributed by atoms with van der Waals surface area (Å²) in [6.07, 6.45) is 12.4. The van der Waals surface area contributed by atoms with Crippen LogP contribution in [0.15, 0.2) is 47.2 Å². The van der Waals surface area contributed by atoms with Crippen LogP contribution in [-0.2, 0) is 0 Å². The highest BCUT2D eigenvalue weighted by Crippen LogP contribution is 2.34. The molecule has 1 aromatic carbocycles. The maximum atomic E-state index is 4.71. The molecule has 0 atom stereocenters. The van der Waals surface area contributed by atoms with Crippen LogP contribution in [0.3, 0.4) is 0 Å². The van der Waals surface area contributed by atoms with Gasteiger partial charge in [0, 0.05) is 10.9 Å². The fourth-order valence-corrected chi connectivity index (χ4v) is 4.49. The Labute approximate surface area is 162 Å².